The van der Waals surface area contributed by atoms with Crippen LogP contribution in [0, 0.1) is 12.7 Å². The Balaban J connectivity index is 1.47. The Kier molecular flexibility index (Phi) is 5.28. The van der Waals surface area contributed by atoms with Crippen molar-refractivity contribution in [3.63, 3.8) is 0 Å². The number of nitrogens with one attached hydrogen (secondary N) is 3. The number of carbonyl (C=O) groups excluding carboxylic acids is 1. The molecule has 3 aromatic rings. The van der Waals surface area contributed by atoms with Gasteiger partial charge in [-0.2, -0.15) is 5.10 Å². The van der Waals surface area contributed by atoms with Crippen LogP contribution in [0.3, 0.4) is 0 Å². The van der Waals surface area contributed by atoms with Crippen LogP contribution >= 0.6 is 0 Å². The van der Waals surface area contributed by atoms with E-state index in [2.05, 4.69) is 21.3 Å². The van der Waals surface area contributed by atoms with Crippen LogP contribution in [0.5, 0.6) is 5.75 Å². The Hall–Kier alpha value is -3.23. The van der Waals surface area contributed by atoms with E-state index >= 15 is 0 Å². The second-order valence-corrected chi connectivity index (χ2v) is 6.95. The summed E-state index contributed by atoms with van der Waals surface area (Å²) in [6.07, 6.45) is 0.586. The quantitative estimate of drug-likeness (QED) is 0.619. The molecule has 3 N–H and O–H groups in total. The third-order valence-electron chi connectivity index (χ3n) is 4.87. The lowest BCUT2D eigenvalue weighted by Gasteiger charge is -2.12. The highest BCUT2D eigenvalue weighted by molar-refractivity contribution is 5.94. The SMILES string of the molecule is COc1cccc(C2CC(C(=O)Nc3cc(C)nn3-c3ccc(F)cc3)NN2)c1. The first kappa shape index (κ1) is 19.1. The Morgan fingerprint density at radius 3 is 2.76 bits per heavy atom. The van der Waals surface area contributed by atoms with Gasteiger partial charge in [0.25, 0.3) is 0 Å². The molecule has 0 saturated carbocycles. The van der Waals surface area contributed by atoms with E-state index in [1.807, 2.05) is 31.2 Å². The number of hydrogen-bond donors (Lipinski definition) is 3. The molecule has 2 aromatic carbocycles. The first-order valence-electron chi connectivity index (χ1n) is 9.32. The van der Waals surface area contributed by atoms with Crippen LogP contribution in [-0.4, -0.2) is 28.8 Å². The zero-order valence-corrected chi connectivity index (χ0v) is 16.1. The molecule has 1 amide bonds. The third kappa shape index (κ3) is 4.13. The summed E-state index contributed by atoms with van der Waals surface area (Å²) in [6.45, 7) is 1.84. The molecule has 8 heteroatoms. The zero-order valence-electron chi connectivity index (χ0n) is 16.1. The molecule has 0 aliphatic carbocycles. The number of anilines is 1. The number of carbonyl (C=O) groups is 1. The number of benzene rings is 2. The fourth-order valence-electron chi connectivity index (χ4n) is 3.39. The number of hydrogen-bond acceptors (Lipinski definition) is 5. The summed E-state index contributed by atoms with van der Waals surface area (Å²) in [5, 5.41) is 7.32. The lowest BCUT2D eigenvalue weighted by Crippen LogP contribution is -2.39. The number of hydrazine groups is 1. The normalized spacial score (nSPS) is 18.6. The molecule has 0 spiro atoms. The Morgan fingerprint density at radius 1 is 1.21 bits per heavy atom. The minimum atomic E-state index is -0.414. The minimum Gasteiger partial charge on any atom is -0.497 e. The van der Waals surface area contributed by atoms with E-state index in [1.165, 1.54) is 12.1 Å². The second-order valence-electron chi connectivity index (χ2n) is 6.95. The number of ether oxygens (including phenoxy) is 1. The van der Waals surface area contributed by atoms with Gasteiger partial charge >= 0.3 is 0 Å². The fraction of sp³-hybridized carbons (Fsp3) is 0.238. The Labute approximate surface area is 167 Å². The maximum Gasteiger partial charge on any atom is 0.244 e. The topological polar surface area (TPSA) is 80.2 Å². The van der Waals surface area contributed by atoms with Crippen molar-refractivity contribution in [2.45, 2.75) is 25.4 Å². The number of nitrogens with zero attached hydrogens (tertiary/aromatic N) is 2. The van der Waals surface area contributed by atoms with Crippen LogP contribution in [0.15, 0.2) is 54.6 Å². The maximum absolute atomic E-state index is 13.2. The van der Waals surface area contributed by atoms with E-state index in [-0.39, 0.29) is 17.8 Å². The van der Waals surface area contributed by atoms with Crippen LogP contribution in [0.1, 0.15) is 23.7 Å². The Bertz CT molecular complexity index is 1020. The fourth-order valence-corrected chi connectivity index (χ4v) is 3.39. The van der Waals surface area contributed by atoms with Gasteiger partial charge in [0, 0.05) is 12.1 Å². The number of halogens is 1. The molecule has 2 unspecified atom stereocenters. The van der Waals surface area contributed by atoms with Crippen LogP contribution in [0.25, 0.3) is 5.69 Å². The van der Waals surface area contributed by atoms with E-state index in [0.29, 0.717) is 17.9 Å². The molecular weight excluding hydrogens is 373 g/mol. The summed E-state index contributed by atoms with van der Waals surface area (Å²) in [4.78, 5) is 12.8. The molecule has 2 heterocycles. The molecule has 1 aliphatic heterocycles. The van der Waals surface area contributed by atoms with E-state index in [9.17, 15) is 9.18 Å². The highest BCUT2D eigenvalue weighted by Crippen LogP contribution is 2.26. The van der Waals surface area contributed by atoms with Crippen molar-refractivity contribution in [2.24, 2.45) is 0 Å². The minimum absolute atomic E-state index is 0.00963. The first-order chi connectivity index (χ1) is 14.0. The van der Waals surface area contributed by atoms with Gasteiger partial charge in [0.1, 0.15) is 23.4 Å². The molecule has 1 aromatic heterocycles. The summed E-state index contributed by atoms with van der Waals surface area (Å²) < 4.78 is 20.1. The predicted octanol–water partition coefficient (Wildman–Crippen LogP) is 2.87. The molecule has 29 heavy (non-hydrogen) atoms. The molecule has 1 aliphatic rings. The van der Waals surface area contributed by atoms with Crippen molar-refractivity contribution in [1.29, 1.82) is 0 Å². The van der Waals surface area contributed by atoms with Crippen molar-refractivity contribution in [3.8, 4) is 11.4 Å². The number of aryl methyl sites for hydroxylation is 1. The van der Waals surface area contributed by atoms with Crippen molar-refractivity contribution in [3.05, 3.63) is 71.7 Å². The van der Waals surface area contributed by atoms with E-state index in [4.69, 9.17) is 4.74 Å². The molecule has 1 fully saturated rings. The standard InChI is InChI=1S/C21H22FN5O2/c1-13-10-20(27(26-13)16-8-6-15(22)7-9-16)23-21(28)19-12-18(24-25-19)14-4-3-5-17(11-14)29-2/h3-11,18-19,24-25H,12H2,1-2H3,(H,23,28). The molecule has 1 saturated heterocycles. The van der Waals surface area contributed by atoms with Gasteiger partial charge in [-0.25, -0.2) is 19.9 Å². The lowest BCUT2D eigenvalue weighted by molar-refractivity contribution is -0.117. The number of rotatable bonds is 5. The van der Waals surface area contributed by atoms with Gasteiger partial charge < -0.3 is 10.1 Å². The van der Waals surface area contributed by atoms with Gasteiger partial charge in [0.05, 0.1) is 18.5 Å². The zero-order chi connectivity index (χ0) is 20.4. The van der Waals surface area contributed by atoms with Gasteiger partial charge in [-0.1, -0.05) is 12.1 Å². The monoisotopic (exact) mass is 395 g/mol. The van der Waals surface area contributed by atoms with Crippen molar-refractivity contribution >= 4 is 11.7 Å². The van der Waals surface area contributed by atoms with Gasteiger partial charge in [-0.3, -0.25) is 4.79 Å². The van der Waals surface area contributed by atoms with E-state index < -0.39 is 6.04 Å². The molecule has 4 rings (SSSR count). The summed E-state index contributed by atoms with van der Waals surface area (Å²) in [5.74, 6) is 0.806. The molecule has 0 radical (unpaired) electrons. The van der Waals surface area contributed by atoms with Crippen LogP contribution < -0.4 is 20.9 Å². The van der Waals surface area contributed by atoms with Crippen molar-refractivity contribution in [1.82, 2.24) is 20.6 Å². The average molecular weight is 395 g/mol. The van der Waals surface area contributed by atoms with Crippen LogP contribution in [0.2, 0.25) is 0 Å². The lowest BCUT2D eigenvalue weighted by atomic mass is 10.0. The number of aromatic nitrogens is 2. The molecule has 2 atom stereocenters. The van der Waals surface area contributed by atoms with E-state index in [0.717, 1.165) is 17.0 Å². The molecule has 0 bridgehead atoms. The smallest absolute Gasteiger partial charge is 0.244 e. The van der Waals surface area contributed by atoms with Crippen LogP contribution in [-0.2, 0) is 4.79 Å². The second kappa shape index (κ2) is 8.02. The van der Waals surface area contributed by atoms with Gasteiger partial charge in [0.15, 0.2) is 0 Å². The van der Waals surface area contributed by atoms with E-state index in [1.54, 1.807) is 30.0 Å². The van der Waals surface area contributed by atoms with Gasteiger partial charge in [-0.05, 0) is 55.3 Å². The maximum atomic E-state index is 13.2. The first-order valence-corrected chi connectivity index (χ1v) is 9.32. The van der Waals surface area contributed by atoms with Crippen LogP contribution in [0.4, 0.5) is 10.2 Å². The summed E-state index contributed by atoms with van der Waals surface area (Å²) in [6, 6.07) is 15.1. The Morgan fingerprint density at radius 2 is 2.00 bits per heavy atom. The number of methoxy groups -OCH3 is 1. The van der Waals surface area contributed by atoms with Crippen molar-refractivity contribution < 1.29 is 13.9 Å². The highest BCUT2D eigenvalue weighted by Gasteiger charge is 2.31. The average Bonchev–Trinajstić information content (AvgIpc) is 3.36. The molecule has 150 valence electrons. The number of amides is 1. The third-order valence-corrected chi connectivity index (χ3v) is 4.87. The summed E-state index contributed by atoms with van der Waals surface area (Å²) >= 11 is 0. The largest absolute Gasteiger partial charge is 0.497 e. The summed E-state index contributed by atoms with van der Waals surface area (Å²) in [7, 11) is 1.63. The predicted molar refractivity (Wildman–Crippen MR) is 107 cm³/mol. The van der Waals surface area contributed by atoms with Gasteiger partial charge in [0.2, 0.25) is 5.91 Å². The van der Waals surface area contributed by atoms with Gasteiger partial charge in [-0.15, -0.1) is 0 Å². The summed E-state index contributed by atoms with van der Waals surface area (Å²) in [5.41, 5.74) is 8.68. The molecular formula is C21H22FN5O2. The van der Waals surface area contributed by atoms with Crippen molar-refractivity contribution in [2.75, 3.05) is 12.4 Å². The molecule has 7 nitrogen and oxygen atoms in total. The highest BCUT2D eigenvalue weighted by atomic mass is 19.1.